The molecule has 1 aromatic rings. The van der Waals surface area contributed by atoms with Gasteiger partial charge in [0, 0.05) is 30.6 Å². The number of benzene rings is 1. The number of nitrogens with zero attached hydrogens (tertiary/aromatic N) is 1. The third-order valence-corrected chi connectivity index (χ3v) is 7.01. The second kappa shape index (κ2) is 13.3. The summed E-state index contributed by atoms with van der Waals surface area (Å²) in [6.45, 7) is 6.18. The van der Waals surface area contributed by atoms with Crippen LogP contribution >= 0.6 is 0 Å². The Balaban J connectivity index is 2.07. The molecule has 0 saturated heterocycles. The van der Waals surface area contributed by atoms with Gasteiger partial charge in [-0.3, -0.25) is 9.59 Å². The maximum absolute atomic E-state index is 13.4. The van der Waals surface area contributed by atoms with Crippen molar-refractivity contribution in [2.75, 3.05) is 26.8 Å². The van der Waals surface area contributed by atoms with Gasteiger partial charge in [-0.1, -0.05) is 40.0 Å². The van der Waals surface area contributed by atoms with Crippen LogP contribution in [0.2, 0.25) is 0 Å². The average molecular weight is 519 g/mol. The molecule has 0 saturated carbocycles. The van der Waals surface area contributed by atoms with Gasteiger partial charge in [0.2, 0.25) is 11.8 Å². The van der Waals surface area contributed by atoms with Gasteiger partial charge in [-0.05, 0) is 36.1 Å². The molecule has 9 nitrogen and oxygen atoms in total. The Labute approximate surface area is 219 Å². The third-order valence-electron chi connectivity index (χ3n) is 7.01. The summed E-state index contributed by atoms with van der Waals surface area (Å²) in [4.78, 5) is 28.4. The summed E-state index contributed by atoms with van der Waals surface area (Å²) in [5.74, 6) is -0.129. The van der Waals surface area contributed by atoms with E-state index in [1.54, 1.807) is 23.1 Å². The number of aliphatic hydroxyl groups excluding tert-OH is 3. The molecule has 2 amide bonds. The lowest BCUT2D eigenvalue weighted by molar-refractivity contribution is -0.138. The molecule has 0 unspecified atom stereocenters. The number of hydrogen-bond acceptors (Lipinski definition) is 7. The normalized spacial score (nSPS) is 22.1. The van der Waals surface area contributed by atoms with Crippen molar-refractivity contribution in [3.63, 3.8) is 0 Å². The minimum absolute atomic E-state index is 0.0709. The first-order valence-corrected chi connectivity index (χ1v) is 13.3. The van der Waals surface area contributed by atoms with Crippen LogP contribution in [0.1, 0.15) is 69.9 Å². The molecule has 4 N–H and O–H groups in total. The number of aliphatic hydroxyl groups is 3. The van der Waals surface area contributed by atoms with Gasteiger partial charge in [0.25, 0.3) is 0 Å². The van der Waals surface area contributed by atoms with Crippen LogP contribution < -0.4 is 14.8 Å². The molecule has 1 heterocycles. The van der Waals surface area contributed by atoms with Gasteiger partial charge in [-0.2, -0.15) is 0 Å². The zero-order valence-electron chi connectivity index (χ0n) is 22.4. The molecule has 206 valence electrons. The lowest BCUT2D eigenvalue weighted by Gasteiger charge is -2.41. The molecule has 0 radical (unpaired) electrons. The maximum Gasteiger partial charge on any atom is 0.247 e. The predicted molar refractivity (Wildman–Crippen MR) is 139 cm³/mol. The van der Waals surface area contributed by atoms with E-state index in [4.69, 9.17) is 9.47 Å². The van der Waals surface area contributed by atoms with E-state index in [-0.39, 0.29) is 31.6 Å². The molecule has 0 bridgehead atoms. The zero-order valence-corrected chi connectivity index (χ0v) is 22.4. The number of carbonyl (C=O) groups is 2. The minimum Gasteiger partial charge on any atom is -0.493 e. The van der Waals surface area contributed by atoms with Crippen LogP contribution in [0.5, 0.6) is 11.5 Å². The Hall–Kier alpha value is -2.62. The molecule has 0 aromatic heterocycles. The van der Waals surface area contributed by atoms with Gasteiger partial charge in [0.15, 0.2) is 11.5 Å². The fourth-order valence-electron chi connectivity index (χ4n) is 5.23. The Bertz CT molecular complexity index is 978. The molecule has 0 spiro atoms. The Morgan fingerprint density at radius 2 is 1.95 bits per heavy atom. The number of rotatable bonds is 13. The summed E-state index contributed by atoms with van der Waals surface area (Å²) in [6.07, 6.45) is 3.99. The molecule has 9 heteroatoms. The number of methoxy groups -OCH3 is 1. The maximum atomic E-state index is 13.4. The van der Waals surface area contributed by atoms with E-state index in [0.717, 1.165) is 25.7 Å². The molecule has 1 aliphatic heterocycles. The predicted octanol–water partition coefficient (Wildman–Crippen LogP) is 2.27. The Morgan fingerprint density at radius 1 is 1.19 bits per heavy atom. The SMILES string of the molecule is CCCCCCN(C(=O)CC(C)C)[C@@H]1C=C(C(=O)NCCO)[C@@H]2c3cc(CO)cc(OC)c3O[C@@H]2[C@H]1O. The van der Waals surface area contributed by atoms with E-state index in [2.05, 4.69) is 12.2 Å². The highest BCUT2D eigenvalue weighted by Crippen LogP contribution is 2.51. The average Bonchev–Trinajstić information content (AvgIpc) is 3.27. The second-order valence-corrected chi connectivity index (χ2v) is 10.3. The van der Waals surface area contributed by atoms with Crippen molar-refractivity contribution < 1.29 is 34.4 Å². The molecule has 4 atom stereocenters. The first kappa shape index (κ1) is 28.9. The topological polar surface area (TPSA) is 129 Å². The van der Waals surface area contributed by atoms with Crippen molar-refractivity contribution in [1.82, 2.24) is 10.2 Å². The lowest BCUT2D eigenvalue weighted by atomic mass is 9.77. The highest BCUT2D eigenvalue weighted by Gasteiger charge is 2.51. The van der Waals surface area contributed by atoms with E-state index < -0.39 is 30.1 Å². The first-order valence-electron chi connectivity index (χ1n) is 13.3. The Kier molecular flexibility index (Phi) is 10.4. The van der Waals surface area contributed by atoms with Crippen LogP contribution in [0, 0.1) is 5.92 Å². The number of nitrogens with one attached hydrogen (secondary N) is 1. The Morgan fingerprint density at radius 3 is 2.57 bits per heavy atom. The van der Waals surface area contributed by atoms with Crippen molar-refractivity contribution in [3.05, 3.63) is 34.9 Å². The molecule has 37 heavy (non-hydrogen) atoms. The third kappa shape index (κ3) is 6.45. The first-order chi connectivity index (χ1) is 17.8. The van der Waals surface area contributed by atoms with Gasteiger partial charge < -0.3 is 35.0 Å². The van der Waals surface area contributed by atoms with Crippen LogP contribution in [0.4, 0.5) is 0 Å². The number of hydrogen-bond donors (Lipinski definition) is 4. The van der Waals surface area contributed by atoms with E-state index in [0.29, 0.717) is 41.2 Å². The molecule has 2 aliphatic rings. The molecular weight excluding hydrogens is 476 g/mol. The summed E-state index contributed by atoms with van der Waals surface area (Å²) < 4.78 is 11.7. The number of unbranched alkanes of at least 4 members (excludes halogenated alkanes) is 3. The van der Waals surface area contributed by atoms with E-state index >= 15 is 0 Å². The van der Waals surface area contributed by atoms with Crippen molar-refractivity contribution in [2.45, 2.75) is 83.6 Å². The summed E-state index contributed by atoms with van der Waals surface area (Å²) in [6, 6.07) is 2.68. The van der Waals surface area contributed by atoms with Gasteiger partial charge >= 0.3 is 0 Å². The van der Waals surface area contributed by atoms with E-state index in [1.807, 2.05) is 13.8 Å². The molecule has 1 aliphatic carbocycles. The minimum atomic E-state index is -1.09. The lowest BCUT2D eigenvalue weighted by Crippen LogP contribution is -2.56. The highest BCUT2D eigenvalue weighted by molar-refractivity contribution is 5.96. The summed E-state index contributed by atoms with van der Waals surface area (Å²) in [7, 11) is 1.49. The number of amides is 2. The summed E-state index contributed by atoms with van der Waals surface area (Å²) in [5, 5.41) is 33.4. The van der Waals surface area contributed by atoms with E-state index in [9.17, 15) is 24.9 Å². The molecule has 1 aromatic carbocycles. The smallest absolute Gasteiger partial charge is 0.247 e. The molecular formula is C28H42N2O7. The van der Waals surface area contributed by atoms with Gasteiger partial charge in [0.05, 0.1) is 32.3 Å². The van der Waals surface area contributed by atoms with Crippen LogP contribution in [-0.2, 0) is 16.2 Å². The largest absolute Gasteiger partial charge is 0.493 e. The van der Waals surface area contributed by atoms with Crippen LogP contribution in [0.3, 0.4) is 0 Å². The zero-order chi connectivity index (χ0) is 27.1. The standard InChI is InChI=1S/C28H42N2O7/c1-5-6-7-8-10-30(23(33)12-17(2)3)21-15-20(28(35)29-9-11-31)24-19-13-18(16-32)14-22(36-4)26(19)37-27(24)25(21)34/h13-15,17,21,24-25,27,31-32,34H,5-12,16H2,1-4H3,(H,29,35)/t21-,24+,25+,27+/m1/s1. The molecule has 0 fully saturated rings. The van der Waals surface area contributed by atoms with Crippen molar-refractivity contribution in [3.8, 4) is 11.5 Å². The second-order valence-electron chi connectivity index (χ2n) is 10.3. The fourth-order valence-corrected chi connectivity index (χ4v) is 5.23. The van der Waals surface area contributed by atoms with Crippen LogP contribution in [0.15, 0.2) is 23.8 Å². The van der Waals surface area contributed by atoms with Gasteiger partial charge in [0.1, 0.15) is 12.2 Å². The van der Waals surface area contributed by atoms with Crippen LogP contribution in [0.25, 0.3) is 0 Å². The van der Waals surface area contributed by atoms with Crippen LogP contribution in [-0.4, -0.2) is 77.1 Å². The summed E-state index contributed by atoms with van der Waals surface area (Å²) in [5.41, 5.74) is 1.59. The molecule has 3 rings (SSSR count). The highest BCUT2D eigenvalue weighted by atomic mass is 16.5. The van der Waals surface area contributed by atoms with Gasteiger partial charge in [-0.25, -0.2) is 0 Å². The van der Waals surface area contributed by atoms with E-state index in [1.165, 1.54) is 7.11 Å². The number of carbonyl (C=O) groups excluding carboxylic acids is 2. The van der Waals surface area contributed by atoms with Crippen molar-refractivity contribution in [2.24, 2.45) is 5.92 Å². The number of ether oxygens (including phenoxy) is 2. The van der Waals surface area contributed by atoms with Gasteiger partial charge in [-0.15, -0.1) is 0 Å². The quantitative estimate of drug-likeness (QED) is 0.295. The fraction of sp³-hybridized carbons (Fsp3) is 0.643. The van der Waals surface area contributed by atoms with Crippen molar-refractivity contribution >= 4 is 11.8 Å². The summed E-state index contributed by atoms with van der Waals surface area (Å²) >= 11 is 0. The monoisotopic (exact) mass is 518 g/mol. The number of fused-ring (bicyclic) bond motifs is 3. The van der Waals surface area contributed by atoms with Crippen molar-refractivity contribution in [1.29, 1.82) is 0 Å².